The molecule has 0 rings (SSSR count). The van der Waals surface area contributed by atoms with Gasteiger partial charge in [0.15, 0.2) is 4.33 Å². The molecule has 2 nitrogen and oxygen atoms in total. The number of hydrogen-bond donors (Lipinski definition) is 0. The number of halogens is 5. The molecular formula is C4H6Cl5O2P. The molecule has 0 aliphatic heterocycles. The van der Waals surface area contributed by atoms with Gasteiger partial charge in [-0.15, -0.1) is 11.6 Å². The molecule has 0 saturated heterocycles. The molecular weight excluding hydrogens is 288 g/mol. The first-order valence-electron chi connectivity index (χ1n) is 2.81. The van der Waals surface area contributed by atoms with Crippen LogP contribution in [0.1, 0.15) is 6.92 Å². The van der Waals surface area contributed by atoms with Gasteiger partial charge in [0.1, 0.15) is 0 Å². The van der Waals surface area contributed by atoms with Crippen LogP contribution in [0.3, 0.4) is 0 Å². The van der Waals surface area contributed by atoms with Gasteiger partial charge in [0, 0.05) is 0 Å². The second-order valence-electron chi connectivity index (χ2n) is 2.06. The van der Waals surface area contributed by atoms with Gasteiger partial charge in [0.05, 0.1) is 12.0 Å². The van der Waals surface area contributed by atoms with Gasteiger partial charge in [-0.25, -0.2) is 0 Å². The molecule has 0 aromatic heterocycles. The summed E-state index contributed by atoms with van der Waals surface area (Å²) >= 11 is 27.0. The van der Waals surface area contributed by atoms with Gasteiger partial charge in [0.2, 0.25) is 0 Å². The monoisotopic (exact) mass is 292 g/mol. The molecule has 0 aliphatic carbocycles. The Morgan fingerprint density at radius 2 is 1.92 bits per heavy atom. The smallest absolute Gasteiger partial charge is 0.303 e. The zero-order valence-corrected chi connectivity index (χ0v) is 10.6. The predicted molar refractivity (Wildman–Crippen MR) is 55.0 cm³/mol. The van der Waals surface area contributed by atoms with Gasteiger partial charge in [0.25, 0.3) is 0 Å². The maximum atomic E-state index is 10.6. The highest BCUT2D eigenvalue weighted by atomic mass is 35.9. The van der Waals surface area contributed by atoms with E-state index in [1.165, 1.54) is 0 Å². The van der Waals surface area contributed by atoms with Crippen molar-refractivity contribution >= 4 is 63.4 Å². The van der Waals surface area contributed by atoms with Crippen LogP contribution in [-0.2, 0) is 9.09 Å². The van der Waals surface area contributed by atoms with Crippen LogP contribution in [0.2, 0.25) is 0 Å². The van der Waals surface area contributed by atoms with Crippen molar-refractivity contribution in [3.63, 3.8) is 0 Å². The molecule has 0 radical (unpaired) electrons. The van der Waals surface area contributed by atoms with E-state index in [2.05, 4.69) is 4.52 Å². The van der Waals surface area contributed by atoms with Crippen LogP contribution in [0.25, 0.3) is 0 Å². The minimum absolute atomic E-state index is 0.287. The summed E-state index contributed by atoms with van der Waals surface area (Å²) in [4.78, 5) is 0. The fourth-order valence-corrected chi connectivity index (χ4v) is 1.25. The fraction of sp³-hybridized carbons (Fsp3) is 1.00. The van der Waals surface area contributed by atoms with Gasteiger partial charge in [-0.1, -0.05) is 23.2 Å². The van der Waals surface area contributed by atoms with Crippen molar-refractivity contribution in [3.8, 4) is 0 Å². The summed E-state index contributed by atoms with van der Waals surface area (Å²) in [6, 6.07) is 0. The Balaban J connectivity index is 4.01. The third-order valence-corrected chi connectivity index (χ3v) is 3.47. The normalized spacial score (nSPS) is 16.2. The minimum Gasteiger partial charge on any atom is -0.303 e. The average Bonchev–Trinajstić information content (AvgIpc) is 1.82. The Bertz CT molecular complexity index is 188. The van der Waals surface area contributed by atoms with Gasteiger partial charge in [-0.05, 0) is 29.4 Å². The van der Waals surface area contributed by atoms with Gasteiger partial charge in [-0.3, -0.25) is 4.57 Å². The van der Waals surface area contributed by atoms with Crippen LogP contribution < -0.4 is 0 Å². The molecule has 12 heavy (non-hydrogen) atoms. The van der Waals surface area contributed by atoms with E-state index in [1.807, 2.05) is 0 Å². The van der Waals surface area contributed by atoms with E-state index in [9.17, 15) is 4.57 Å². The summed E-state index contributed by atoms with van der Waals surface area (Å²) in [5.74, 6) is 0. The van der Waals surface area contributed by atoms with E-state index >= 15 is 0 Å². The standard InChI is InChI=1S/C4H6Cl5O2P/c1-3(5)4(6,7)2-11-12(8,9)10/h3H,2H2,1H3. The number of hydrogen-bond acceptors (Lipinski definition) is 2. The van der Waals surface area contributed by atoms with Crippen molar-refractivity contribution in [1.29, 1.82) is 0 Å². The lowest BCUT2D eigenvalue weighted by Gasteiger charge is -2.21. The molecule has 0 spiro atoms. The molecule has 0 N–H and O–H groups in total. The topological polar surface area (TPSA) is 26.3 Å². The molecule has 0 fully saturated rings. The van der Waals surface area contributed by atoms with E-state index in [4.69, 9.17) is 57.3 Å². The molecule has 8 heteroatoms. The van der Waals surface area contributed by atoms with E-state index in [1.54, 1.807) is 6.92 Å². The van der Waals surface area contributed by atoms with Crippen molar-refractivity contribution in [2.45, 2.75) is 16.6 Å². The lowest BCUT2D eigenvalue weighted by Crippen LogP contribution is -2.28. The van der Waals surface area contributed by atoms with E-state index in [0.29, 0.717) is 0 Å². The molecule has 0 aromatic carbocycles. The van der Waals surface area contributed by atoms with Crippen molar-refractivity contribution in [3.05, 3.63) is 0 Å². The molecule has 0 amide bonds. The predicted octanol–water partition coefficient (Wildman–Crippen LogP) is 4.39. The summed E-state index contributed by atoms with van der Waals surface area (Å²) in [6.45, 7) is 1.28. The summed E-state index contributed by atoms with van der Waals surface area (Å²) in [6.07, 6.45) is -3.58. The minimum atomic E-state index is -3.58. The number of rotatable bonds is 4. The molecule has 0 bridgehead atoms. The summed E-state index contributed by atoms with van der Waals surface area (Å²) < 4.78 is 13.8. The van der Waals surface area contributed by atoms with E-state index < -0.39 is 15.8 Å². The Kier molecular flexibility index (Phi) is 5.60. The van der Waals surface area contributed by atoms with Crippen LogP contribution in [0, 0.1) is 0 Å². The van der Waals surface area contributed by atoms with Crippen molar-refractivity contribution in [1.82, 2.24) is 0 Å². The molecule has 74 valence electrons. The summed E-state index contributed by atoms with van der Waals surface area (Å²) in [5, 5.41) is -0.569. The van der Waals surface area contributed by atoms with Crippen LogP contribution in [0.5, 0.6) is 0 Å². The zero-order chi connectivity index (χ0) is 9.99. The van der Waals surface area contributed by atoms with Crippen LogP contribution in [-0.4, -0.2) is 16.3 Å². The first-order valence-corrected chi connectivity index (χ1v) is 7.43. The first kappa shape index (κ1) is 13.6. The third kappa shape index (κ3) is 6.15. The highest BCUT2D eigenvalue weighted by Gasteiger charge is 2.33. The average molecular weight is 294 g/mol. The molecule has 0 aromatic rings. The quantitative estimate of drug-likeness (QED) is 0.568. The summed E-state index contributed by atoms with van der Waals surface area (Å²) in [5.41, 5.74) is 0. The zero-order valence-electron chi connectivity index (χ0n) is 5.94. The highest BCUT2D eigenvalue weighted by molar-refractivity contribution is 8.05. The lowest BCUT2D eigenvalue weighted by molar-refractivity contribution is 0.316. The fourth-order valence-electron chi connectivity index (χ4n) is 0.276. The Hall–Kier alpha value is 1.64. The molecule has 0 heterocycles. The maximum absolute atomic E-state index is 10.6. The van der Waals surface area contributed by atoms with Gasteiger partial charge >= 0.3 is 6.07 Å². The lowest BCUT2D eigenvalue weighted by atomic mass is 10.3. The van der Waals surface area contributed by atoms with E-state index in [0.717, 1.165) is 0 Å². The van der Waals surface area contributed by atoms with E-state index in [-0.39, 0.29) is 6.61 Å². The first-order chi connectivity index (χ1) is 5.15. The number of alkyl halides is 3. The Morgan fingerprint density at radius 1 is 1.50 bits per heavy atom. The highest BCUT2D eigenvalue weighted by Crippen LogP contribution is 2.58. The van der Waals surface area contributed by atoms with Crippen molar-refractivity contribution in [2.75, 3.05) is 6.61 Å². The summed E-state index contributed by atoms with van der Waals surface area (Å²) in [7, 11) is 0. The van der Waals surface area contributed by atoms with Crippen molar-refractivity contribution < 1.29 is 9.09 Å². The second-order valence-corrected chi connectivity index (χ2v) is 8.54. The molecule has 1 unspecified atom stereocenters. The van der Waals surface area contributed by atoms with Crippen LogP contribution >= 0.6 is 63.4 Å². The van der Waals surface area contributed by atoms with Crippen LogP contribution in [0.15, 0.2) is 0 Å². The second kappa shape index (κ2) is 4.93. The van der Waals surface area contributed by atoms with Gasteiger partial charge in [-0.2, -0.15) is 0 Å². The maximum Gasteiger partial charge on any atom is 0.380 e. The Labute approximate surface area is 95.4 Å². The molecule has 1 atom stereocenters. The third-order valence-electron chi connectivity index (χ3n) is 0.989. The molecule has 0 aliphatic rings. The Morgan fingerprint density at radius 3 is 2.17 bits per heavy atom. The SMILES string of the molecule is CC(Cl)C(Cl)(Cl)COP(=O)(Cl)Cl. The molecule has 0 saturated carbocycles. The van der Waals surface area contributed by atoms with Crippen LogP contribution in [0.4, 0.5) is 0 Å². The van der Waals surface area contributed by atoms with Crippen molar-refractivity contribution in [2.24, 2.45) is 0 Å². The largest absolute Gasteiger partial charge is 0.380 e. The van der Waals surface area contributed by atoms with Gasteiger partial charge < -0.3 is 4.52 Å².